The highest BCUT2D eigenvalue weighted by molar-refractivity contribution is 6.39. The van der Waals surface area contributed by atoms with Crippen molar-refractivity contribution in [3.8, 4) is 11.8 Å². The van der Waals surface area contributed by atoms with Crippen LogP contribution in [0.4, 0.5) is 18.9 Å². The third kappa shape index (κ3) is 5.26. The number of alkyl halides is 3. The van der Waals surface area contributed by atoms with Crippen LogP contribution >= 0.6 is 0 Å². The molecule has 0 saturated carbocycles. The number of ether oxygens (including phenoxy) is 1. The van der Waals surface area contributed by atoms with Crippen LogP contribution in [0.2, 0.25) is 0 Å². The Morgan fingerprint density at radius 2 is 2.00 bits per heavy atom. The third-order valence-electron chi connectivity index (χ3n) is 1.86. The van der Waals surface area contributed by atoms with Crippen molar-refractivity contribution in [2.24, 2.45) is 0 Å². The van der Waals surface area contributed by atoms with Gasteiger partial charge in [0.25, 0.3) is 0 Å². The molecule has 1 aromatic carbocycles. The Kier molecular flexibility index (Phi) is 4.91. The minimum Gasteiger partial charge on any atom is -0.406 e. The summed E-state index contributed by atoms with van der Waals surface area (Å²) in [6.45, 7) is -0.358. The molecule has 1 aromatic rings. The van der Waals surface area contributed by atoms with Crippen molar-refractivity contribution in [3.05, 3.63) is 24.3 Å². The zero-order valence-corrected chi connectivity index (χ0v) is 9.82. The molecule has 2 amide bonds. The first-order valence-corrected chi connectivity index (χ1v) is 5.14. The molecule has 0 radical (unpaired) electrons. The van der Waals surface area contributed by atoms with Gasteiger partial charge in [-0.2, -0.15) is 5.26 Å². The first-order chi connectivity index (χ1) is 9.31. The van der Waals surface area contributed by atoms with Gasteiger partial charge in [0.1, 0.15) is 12.3 Å². The van der Waals surface area contributed by atoms with Crippen molar-refractivity contribution < 1.29 is 27.5 Å². The summed E-state index contributed by atoms with van der Waals surface area (Å²) in [4.78, 5) is 22.5. The highest BCUT2D eigenvalue weighted by atomic mass is 19.4. The van der Waals surface area contributed by atoms with Gasteiger partial charge in [-0.15, -0.1) is 13.2 Å². The van der Waals surface area contributed by atoms with Gasteiger partial charge >= 0.3 is 18.2 Å². The Balaban J connectivity index is 2.69. The van der Waals surface area contributed by atoms with E-state index >= 15 is 0 Å². The second-order valence-corrected chi connectivity index (χ2v) is 3.37. The van der Waals surface area contributed by atoms with Crippen molar-refractivity contribution >= 4 is 17.5 Å². The largest absolute Gasteiger partial charge is 0.573 e. The molecule has 2 N–H and O–H groups in total. The zero-order chi connectivity index (χ0) is 15.2. The van der Waals surface area contributed by atoms with E-state index in [-0.39, 0.29) is 12.2 Å². The molecule has 1 rings (SSSR count). The van der Waals surface area contributed by atoms with Gasteiger partial charge in [0.05, 0.1) is 6.07 Å². The number of hydrogen-bond acceptors (Lipinski definition) is 4. The molecule has 0 aromatic heterocycles. The monoisotopic (exact) mass is 287 g/mol. The molecule has 0 aliphatic carbocycles. The van der Waals surface area contributed by atoms with E-state index in [2.05, 4.69) is 10.1 Å². The van der Waals surface area contributed by atoms with Crippen molar-refractivity contribution in [1.29, 1.82) is 5.26 Å². The molecule has 0 bridgehead atoms. The molecule has 9 heteroatoms. The molecular weight excluding hydrogens is 279 g/mol. The van der Waals surface area contributed by atoms with E-state index in [1.165, 1.54) is 12.1 Å². The number of nitriles is 1. The van der Waals surface area contributed by atoms with Crippen LogP contribution < -0.4 is 15.4 Å². The van der Waals surface area contributed by atoms with Crippen LogP contribution in [-0.4, -0.2) is 24.7 Å². The Morgan fingerprint density at radius 3 is 2.60 bits per heavy atom. The van der Waals surface area contributed by atoms with E-state index in [0.29, 0.717) is 0 Å². The summed E-state index contributed by atoms with van der Waals surface area (Å²) in [6, 6.07) is 6.03. The summed E-state index contributed by atoms with van der Waals surface area (Å²) < 4.78 is 39.7. The van der Waals surface area contributed by atoms with Gasteiger partial charge in [-0.3, -0.25) is 9.59 Å². The third-order valence-corrected chi connectivity index (χ3v) is 1.86. The van der Waals surface area contributed by atoms with Crippen molar-refractivity contribution in [2.75, 3.05) is 11.9 Å². The SMILES string of the molecule is N#CCNC(=O)C(=O)Nc1cccc(OC(F)(F)F)c1. The van der Waals surface area contributed by atoms with Gasteiger partial charge in [-0.25, -0.2) is 0 Å². The van der Waals surface area contributed by atoms with Crippen LogP contribution in [-0.2, 0) is 9.59 Å². The fraction of sp³-hybridized carbons (Fsp3) is 0.182. The summed E-state index contributed by atoms with van der Waals surface area (Å²) >= 11 is 0. The van der Waals surface area contributed by atoms with Gasteiger partial charge in [0.15, 0.2) is 0 Å². The molecule has 0 fully saturated rings. The molecule has 0 aliphatic heterocycles. The minimum atomic E-state index is -4.85. The highest BCUT2D eigenvalue weighted by Gasteiger charge is 2.31. The standard InChI is InChI=1S/C11H8F3N3O3/c12-11(13,14)20-8-3-1-2-7(6-8)17-10(19)9(18)16-5-4-15/h1-3,6H,5H2,(H,16,18)(H,17,19). The molecule has 0 spiro atoms. The average molecular weight is 287 g/mol. The number of nitrogens with one attached hydrogen (secondary N) is 2. The highest BCUT2D eigenvalue weighted by Crippen LogP contribution is 2.24. The topological polar surface area (TPSA) is 91.2 Å². The summed E-state index contributed by atoms with van der Waals surface area (Å²) in [7, 11) is 0. The van der Waals surface area contributed by atoms with Crippen molar-refractivity contribution in [2.45, 2.75) is 6.36 Å². The molecule has 0 atom stereocenters. The van der Waals surface area contributed by atoms with Crippen molar-refractivity contribution in [1.82, 2.24) is 5.32 Å². The van der Waals surface area contributed by atoms with Crippen LogP contribution in [0.5, 0.6) is 5.75 Å². The molecule has 20 heavy (non-hydrogen) atoms. The number of carbonyl (C=O) groups is 2. The second-order valence-electron chi connectivity index (χ2n) is 3.37. The van der Waals surface area contributed by atoms with E-state index in [1.807, 2.05) is 5.32 Å². The normalized spacial score (nSPS) is 10.3. The number of hydrogen-bond donors (Lipinski definition) is 2. The van der Waals surface area contributed by atoms with Crippen LogP contribution in [0.1, 0.15) is 0 Å². The maximum Gasteiger partial charge on any atom is 0.573 e. The number of halogens is 3. The van der Waals surface area contributed by atoms with E-state index < -0.39 is 23.9 Å². The van der Waals surface area contributed by atoms with E-state index in [0.717, 1.165) is 12.1 Å². The van der Waals surface area contributed by atoms with Gasteiger partial charge in [0.2, 0.25) is 0 Å². The van der Waals surface area contributed by atoms with Gasteiger partial charge in [-0.1, -0.05) is 6.07 Å². The Bertz CT molecular complexity index is 552. The average Bonchev–Trinajstić information content (AvgIpc) is 2.34. The first-order valence-electron chi connectivity index (χ1n) is 5.14. The number of rotatable bonds is 3. The lowest BCUT2D eigenvalue weighted by Gasteiger charge is -2.10. The second kappa shape index (κ2) is 6.42. The first kappa shape index (κ1) is 15.3. The lowest BCUT2D eigenvalue weighted by Crippen LogP contribution is -2.35. The molecule has 0 unspecified atom stereocenters. The number of amides is 2. The summed E-state index contributed by atoms with van der Waals surface area (Å²) in [6.07, 6.45) is -4.85. The number of benzene rings is 1. The quantitative estimate of drug-likeness (QED) is 0.644. The molecule has 0 heterocycles. The van der Waals surface area contributed by atoms with E-state index in [1.54, 1.807) is 6.07 Å². The lowest BCUT2D eigenvalue weighted by molar-refractivity contribution is -0.274. The smallest absolute Gasteiger partial charge is 0.406 e. The molecule has 0 aliphatic rings. The summed E-state index contributed by atoms with van der Waals surface area (Å²) in [5.41, 5.74) is -0.0520. The maximum absolute atomic E-state index is 12.0. The number of carbonyl (C=O) groups excluding carboxylic acids is 2. The van der Waals surface area contributed by atoms with Crippen LogP contribution in [0.15, 0.2) is 24.3 Å². The molecule has 106 valence electrons. The zero-order valence-electron chi connectivity index (χ0n) is 9.82. The fourth-order valence-corrected chi connectivity index (χ4v) is 1.16. The van der Waals surface area contributed by atoms with Crippen LogP contribution in [0.25, 0.3) is 0 Å². The molecular formula is C11H8F3N3O3. The van der Waals surface area contributed by atoms with Crippen molar-refractivity contribution in [3.63, 3.8) is 0 Å². The Morgan fingerprint density at radius 1 is 1.30 bits per heavy atom. The van der Waals surface area contributed by atoms with Crippen LogP contribution in [0, 0.1) is 11.3 Å². The van der Waals surface area contributed by atoms with E-state index in [4.69, 9.17) is 5.26 Å². The molecule has 0 saturated heterocycles. The van der Waals surface area contributed by atoms with Gasteiger partial charge < -0.3 is 15.4 Å². The Hall–Kier alpha value is -2.76. The Labute approximate surface area is 111 Å². The number of nitrogens with zero attached hydrogens (tertiary/aromatic N) is 1. The maximum atomic E-state index is 12.0. The predicted molar refractivity (Wildman–Crippen MR) is 60.4 cm³/mol. The van der Waals surface area contributed by atoms with Crippen LogP contribution in [0.3, 0.4) is 0 Å². The minimum absolute atomic E-state index is 0.0520. The fourth-order valence-electron chi connectivity index (χ4n) is 1.16. The predicted octanol–water partition coefficient (Wildman–Crippen LogP) is 1.16. The number of anilines is 1. The summed E-state index contributed by atoms with van der Waals surface area (Å²) in [5.74, 6) is -2.72. The summed E-state index contributed by atoms with van der Waals surface area (Å²) in [5, 5.41) is 12.3. The van der Waals surface area contributed by atoms with Gasteiger partial charge in [-0.05, 0) is 12.1 Å². The van der Waals surface area contributed by atoms with E-state index in [9.17, 15) is 22.8 Å². The molecule has 6 nitrogen and oxygen atoms in total. The van der Waals surface area contributed by atoms with Gasteiger partial charge in [0, 0.05) is 11.8 Å². The lowest BCUT2D eigenvalue weighted by atomic mass is 10.3.